The van der Waals surface area contributed by atoms with E-state index in [4.69, 9.17) is 16.1 Å². The number of thiazole rings is 1. The molecule has 3 heterocycles. The van der Waals surface area contributed by atoms with Crippen LogP contribution >= 0.6 is 34.3 Å². The highest BCUT2D eigenvalue weighted by Gasteiger charge is 2.14. The predicted molar refractivity (Wildman–Crippen MR) is 112 cm³/mol. The zero-order valence-electron chi connectivity index (χ0n) is 14.8. The molecule has 0 unspecified atom stereocenters. The van der Waals surface area contributed by atoms with Gasteiger partial charge in [-0.3, -0.25) is 4.79 Å². The Kier molecular flexibility index (Phi) is 5.52. The number of anilines is 1. The maximum Gasteiger partial charge on any atom is 0.227 e. The first-order valence-electron chi connectivity index (χ1n) is 8.47. The van der Waals surface area contributed by atoms with Gasteiger partial charge in [-0.2, -0.15) is 16.3 Å². The Morgan fingerprint density at radius 3 is 2.75 bits per heavy atom. The highest BCUT2D eigenvalue weighted by atomic mass is 35.5. The Balaban J connectivity index is 1.36. The molecule has 0 radical (unpaired) electrons. The number of rotatable bonds is 6. The lowest BCUT2D eigenvalue weighted by Crippen LogP contribution is -2.12. The van der Waals surface area contributed by atoms with Crippen molar-refractivity contribution < 1.29 is 9.32 Å². The number of carbonyl (C=O) groups is 1. The van der Waals surface area contributed by atoms with E-state index >= 15 is 0 Å². The fourth-order valence-electron chi connectivity index (χ4n) is 2.59. The van der Waals surface area contributed by atoms with E-state index in [1.165, 1.54) is 11.3 Å². The van der Waals surface area contributed by atoms with Crippen molar-refractivity contribution in [3.05, 3.63) is 56.9 Å². The van der Waals surface area contributed by atoms with Crippen molar-refractivity contribution in [2.45, 2.75) is 19.8 Å². The maximum absolute atomic E-state index is 12.3. The maximum atomic E-state index is 12.3. The van der Waals surface area contributed by atoms with E-state index in [0.717, 1.165) is 21.7 Å². The molecule has 6 nitrogen and oxygen atoms in total. The van der Waals surface area contributed by atoms with Gasteiger partial charge in [-0.15, -0.1) is 11.3 Å². The molecule has 28 heavy (non-hydrogen) atoms. The SMILES string of the molecule is Cc1sc(NC(=O)CCc2nc(-c3ccsc3)no2)nc1-c1ccc(Cl)cc1. The van der Waals surface area contributed by atoms with Crippen LogP contribution in [0.5, 0.6) is 0 Å². The zero-order valence-corrected chi connectivity index (χ0v) is 17.2. The molecule has 0 fully saturated rings. The number of nitrogens with zero attached hydrogens (tertiary/aromatic N) is 3. The van der Waals surface area contributed by atoms with Crippen LogP contribution in [0.1, 0.15) is 17.2 Å². The van der Waals surface area contributed by atoms with Crippen molar-refractivity contribution in [3.63, 3.8) is 0 Å². The minimum atomic E-state index is -0.147. The van der Waals surface area contributed by atoms with Crippen molar-refractivity contribution in [1.29, 1.82) is 0 Å². The third-order valence-corrected chi connectivity index (χ3v) is 5.80. The Hall–Kier alpha value is -2.55. The van der Waals surface area contributed by atoms with Gasteiger partial charge < -0.3 is 9.84 Å². The Morgan fingerprint density at radius 2 is 2.00 bits per heavy atom. The summed E-state index contributed by atoms with van der Waals surface area (Å²) in [5.74, 6) is 0.833. The highest BCUT2D eigenvalue weighted by Crippen LogP contribution is 2.31. The molecule has 1 N–H and O–H groups in total. The number of hydrogen-bond donors (Lipinski definition) is 1. The Bertz CT molecular complexity index is 1090. The van der Waals surface area contributed by atoms with Crippen molar-refractivity contribution in [2.75, 3.05) is 5.32 Å². The van der Waals surface area contributed by atoms with Gasteiger partial charge in [0.15, 0.2) is 5.13 Å². The Morgan fingerprint density at radius 1 is 1.18 bits per heavy atom. The molecule has 1 aromatic carbocycles. The molecular weight excluding hydrogens is 416 g/mol. The van der Waals surface area contributed by atoms with Gasteiger partial charge in [0.05, 0.1) is 5.69 Å². The summed E-state index contributed by atoms with van der Waals surface area (Å²) < 4.78 is 5.22. The van der Waals surface area contributed by atoms with Gasteiger partial charge in [0.2, 0.25) is 17.6 Å². The topological polar surface area (TPSA) is 80.9 Å². The molecular formula is C19H15ClN4O2S2. The number of thiophene rings is 1. The normalized spacial score (nSPS) is 10.9. The van der Waals surface area contributed by atoms with Crippen LogP contribution in [0.25, 0.3) is 22.6 Å². The van der Waals surface area contributed by atoms with Gasteiger partial charge >= 0.3 is 0 Å². The van der Waals surface area contributed by atoms with E-state index in [9.17, 15) is 4.79 Å². The van der Waals surface area contributed by atoms with Crippen LogP contribution in [0.3, 0.4) is 0 Å². The van der Waals surface area contributed by atoms with Crippen LogP contribution in [0, 0.1) is 6.92 Å². The second-order valence-electron chi connectivity index (χ2n) is 6.00. The third kappa shape index (κ3) is 4.30. The zero-order chi connectivity index (χ0) is 19.5. The van der Waals surface area contributed by atoms with Crippen LogP contribution in [-0.2, 0) is 11.2 Å². The van der Waals surface area contributed by atoms with Gasteiger partial charge in [0, 0.05) is 39.2 Å². The molecule has 0 aliphatic rings. The van der Waals surface area contributed by atoms with E-state index in [1.54, 1.807) is 11.3 Å². The van der Waals surface area contributed by atoms with E-state index in [1.807, 2.05) is 48.0 Å². The summed E-state index contributed by atoms with van der Waals surface area (Å²) >= 11 is 8.94. The molecule has 0 atom stereocenters. The van der Waals surface area contributed by atoms with E-state index in [2.05, 4.69) is 20.4 Å². The molecule has 0 aliphatic heterocycles. The smallest absolute Gasteiger partial charge is 0.227 e. The number of nitrogens with one attached hydrogen (secondary N) is 1. The monoisotopic (exact) mass is 430 g/mol. The van der Waals surface area contributed by atoms with Crippen LogP contribution < -0.4 is 5.32 Å². The molecule has 142 valence electrons. The highest BCUT2D eigenvalue weighted by molar-refractivity contribution is 7.16. The number of carbonyl (C=O) groups excluding carboxylic acids is 1. The predicted octanol–water partition coefficient (Wildman–Crippen LogP) is 5.45. The lowest BCUT2D eigenvalue weighted by atomic mass is 10.1. The summed E-state index contributed by atoms with van der Waals surface area (Å²) in [7, 11) is 0. The first-order chi connectivity index (χ1) is 13.6. The van der Waals surface area contributed by atoms with E-state index in [-0.39, 0.29) is 12.3 Å². The molecule has 0 saturated carbocycles. The average Bonchev–Trinajstić information content (AvgIpc) is 3.41. The summed E-state index contributed by atoms with van der Waals surface area (Å²) in [6.07, 6.45) is 0.609. The van der Waals surface area contributed by atoms with Crippen LogP contribution in [0.4, 0.5) is 5.13 Å². The Labute approximate surface area is 174 Å². The number of hydrogen-bond acceptors (Lipinski definition) is 7. The molecule has 0 bridgehead atoms. The third-order valence-electron chi connectivity index (χ3n) is 3.97. The quantitative estimate of drug-likeness (QED) is 0.439. The van der Waals surface area contributed by atoms with Gasteiger partial charge in [-0.1, -0.05) is 28.9 Å². The standard InChI is InChI=1S/C19H15ClN4O2S2/c1-11-17(12-2-4-14(20)5-3-12)23-19(28-11)21-15(25)6-7-16-22-18(24-26-16)13-8-9-27-10-13/h2-5,8-10H,6-7H2,1H3,(H,21,23,25). The number of aryl methyl sites for hydroxylation is 2. The van der Waals surface area contributed by atoms with Gasteiger partial charge in [0.1, 0.15) is 0 Å². The number of aromatic nitrogens is 3. The average molecular weight is 431 g/mol. The molecule has 0 spiro atoms. The number of amides is 1. The summed E-state index contributed by atoms with van der Waals surface area (Å²) in [6, 6.07) is 9.40. The summed E-state index contributed by atoms with van der Waals surface area (Å²) in [6.45, 7) is 1.97. The van der Waals surface area contributed by atoms with E-state index in [0.29, 0.717) is 28.3 Å². The van der Waals surface area contributed by atoms with Crippen molar-refractivity contribution >= 4 is 45.3 Å². The molecule has 0 aliphatic carbocycles. The van der Waals surface area contributed by atoms with Crippen LogP contribution in [0.2, 0.25) is 5.02 Å². The van der Waals surface area contributed by atoms with Gasteiger partial charge in [-0.05, 0) is 30.5 Å². The minimum Gasteiger partial charge on any atom is -0.339 e. The number of halogens is 1. The van der Waals surface area contributed by atoms with Gasteiger partial charge in [0.25, 0.3) is 0 Å². The fourth-order valence-corrected chi connectivity index (χ4v) is 4.21. The van der Waals surface area contributed by atoms with Gasteiger partial charge in [-0.25, -0.2) is 4.98 Å². The largest absolute Gasteiger partial charge is 0.339 e. The molecule has 4 rings (SSSR count). The van der Waals surface area contributed by atoms with E-state index < -0.39 is 0 Å². The number of benzene rings is 1. The summed E-state index contributed by atoms with van der Waals surface area (Å²) in [4.78, 5) is 22.2. The van der Waals surface area contributed by atoms with Crippen molar-refractivity contribution in [2.24, 2.45) is 0 Å². The second kappa shape index (κ2) is 8.22. The lowest BCUT2D eigenvalue weighted by Gasteiger charge is -2.00. The van der Waals surface area contributed by atoms with Crippen LogP contribution in [-0.4, -0.2) is 21.0 Å². The first-order valence-corrected chi connectivity index (χ1v) is 10.6. The molecule has 0 saturated heterocycles. The molecule has 9 heteroatoms. The molecule has 3 aromatic heterocycles. The lowest BCUT2D eigenvalue weighted by molar-refractivity contribution is -0.116. The fraction of sp³-hybridized carbons (Fsp3) is 0.158. The minimum absolute atomic E-state index is 0.147. The second-order valence-corrected chi connectivity index (χ2v) is 8.42. The van der Waals surface area contributed by atoms with Crippen molar-refractivity contribution in [1.82, 2.24) is 15.1 Å². The summed E-state index contributed by atoms with van der Waals surface area (Å²) in [5, 5.41) is 11.9. The molecule has 1 amide bonds. The molecule has 4 aromatic rings. The summed E-state index contributed by atoms with van der Waals surface area (Å²) in [5.41, 5.74) is 2.72. The van der Waals surface area contributed by atoms with Crippen LogP contribution in [0.15, 0.2) is 45.6 Å². The first kappa shape index (κ1) is 18.8. The van der Waals surface area contributed by atoms with Crippen molar-refractivity contribution in [3.8, 4) is 22.6 Å².